The van der Waals surface area contributed by atoms with Crippen LogP contribution >= 0.6 is 27.5 Å². The molecule has 1 N–H and O–H groups in total. The van der Waals surface area contributed by atoms with E-state index < -0.39 is 0 Å². The van der Waals surface area contributed by atoms with Gasteiger partial charge in [-0.3, -0.25) is 0 Å². The maximum Gasteiger partial charge on any atom is 0.146 e. The fourth-order valence-electron chi connectivity index (χ4n) is 1.57. The number of benzene rings is 1. The van der Waals surface area contributed by atoms with E-state index in [9.17, 15) is 0 Å². The van der Waals surface area contributed by atoms with E-state index in [1.807, 2.05) is 18.2 Å². The number of aromatic nitrogens is 1. The summed E-state index contributed by atoms with van der Waals surface area (Å²) < 4.78 is 11.2. The molecule has 0 saturated carbocycles. The van der Waals surface area contributed by atoms with Gasteiger partial charge in [-0.2, -0.15) is 0 Å². The molecule has 1 aromatic heterocycles. The van der Waals surface area contributed by atoms with Crippen LogP contribution in [0.5, 0.6) is 11.5 Å². The van der Waals surface area contributed by atoms with Gasteiger partial charge in [-0.05, 0) is 34.1 Å². The zero-order valence-corrected chi connectivity index (χ0v) is 12.7. The van der Waals surface area contributed by atoms with Crippen LogP contribution in [0, 0.1) is 0 Å². The van der Waals surface area contributed by atoms with Crippen LogP contribution in [0.1, 0.15) is 0 Å². The first-order chi connectivity index (χ1) is 9.13. The van der Waals surface area contributed by atoms with E-state index in [4.69, 9.17) is 21.1 Å². The van der Waals surface area contributed by atoms with Crippen LogP contribution < -0.4 is 14.8 Å². The molecule has 2 aromatic rings. The summed E-state index contributed by atoms with van der Waals surface area (Å²) in [5.41, 5.74) is 0.721. The third-order valence-electron chi connectivity index (χ3n) is 2.45. The monoisotopic (exact) mass is 342 g/mol. The van der Waals surface area contributed by atoms with Crippen molar-refractivity contribution < 1.29 is 9.47 Å². The van der Waals surface area contributed by atoms with Crippen molar-refractivity contribution in [3.8, 4) is 11.5 Å². The normalized spacial score (nSPS) is 10.1. The molecule has 0 atom stereocenters. The van der Waals surface area contributed by atoms with Crippen molar-refractivity contribution in [3.05, 3.63) is 40.0 Å². The van der Waals surface area contributed by atoms with Gasteiger partial charge in [0.15, 0.2) is 0 Å². The highest BCUT2D eigenvalue weighted by atomic mass is 79.9. The van der Waals surface area contributed by atoms with Gasteiger partial charge in [0.25, 0.3) is 0 Å². The molecule has 0 bridgehead atoms. The quantitative estimate of drug-likeness (QED) is 0.843. The lowest BCUT2D eigenvalue weighted by atomic mass is 10.2. The Kier molecular flexibility index (Phi) is 4.50. The standard InChI is InChI=1S/C13H12BrClN2O2/c1-18-10-7-11(19-2)9(6-8(10)15)16-13-5-3-4-12(14)17-13/h3-7H,1-2H3,(H,16,17). The molecule has 0 spiro atoms. The molecule has 0 saturated heterocycles. The van der Waals surface area contributed by atoms with Gasteiger partial charge >= 0.3 is 0 Å². The third kappa shape index (κ3) is 3.30. The Hall–Kier alpha value is -1.46. The summed E-state index contributed by atoms with van der Waals surface area (Å²) in [7, 11) is 3.14. The van der Waals surface area contributed by atoms with Gasteiger partial charge in [0.2, 0.25) is 0 Å². The van der Waals surface area contributed by atoms with E-state index >= 15 is 0 Å². The zero-order valence-electron chi connectivity index (χ0n) is 10.4. The predicted molar refractivity (Wildman–Crippen MR) is 79.8 cm³/mol. The lowest BCUT2D eigenvalue weighted by molar-refractivity contribution is 0.396. The molecule has 0 unspecified atom stereocenters. The largest absolute Gasteiger partial charge is 0.495 e. The van der Waals surface area contributed by atoms with Gasteiger partial charge in [0, 0.05) is 6.07 Å². The molecule has 4 nitrogen and oxygen atoms in total. The molecule has 0 aliphatic heterocycles. The summed E-state index contributed by atoms with van der Waals surface area (Å²) >= 11 is 9.43. The number of methoxy groups -OCH3 is 2. The second-order valence-electron chi connectivity index (χ2n) is 3.66. The van der Waals surface area contributed by atoms with Crippen LogP contribution in [0.25, 0.3) is 0 Å². The third-order valence-corrected chi connectivity index (χ3v) is 3.19. The van der Waals surface area contributed by atoms with E-state index in [2.05, 4.69) is 26.2 Å². The lowest BCUT2D eigenvalue weighted by Crippen LogP contribution is -1.98. The summed E-state index contributed by atoms with van der Waals surface area (Å²) in [6.07, 6.45) is 0. The Morgan fingerprint density at radius 2 is 1.89 bits per heavy atom. The number of hydrogen-bond acceptors (Lipinski definition) is 4. The number of ether oxygens (including phenoxy) is 2. The van der Waals surface area contributed by atoms with E-state index in [1.165, 1.54) is 0 Å². The Labute approximate surface area is 124 Å². The second-order valence-corrected chi connectivity index (χ2v) is 4.88. The van der Waals surface area contributed by atoms with Gasteiger partial charge in [0.1, 0.15) is 21.9 Å². The number of pyridine rings is 1. The first-order valence-corrected chi connectivity index (χ1v) is 6.62. The fraction of sp³-hybridized carbons (Fsp3) is 0.154. The van der Waals surface area contributed by atoms with Crippen LogP contribution in [0.15, 0.2) is 34.9 Å². The highest BCUT2D eigenvalue weighted by Crippen LogP contribution is 2.37. The summed E-state index contributed by atoms with van der Waals surface area (Å²) in [4.78, 5) is 4.29. The van der Waals surface area contributed by atoms with Crippen molar-refractivity contribution in [2.75, 3.05) is 19.5 Å². The molecule has 19 heavy (non-hydrogen) atoms. The Balaban J connectivity index is 2.36. The van der Waals surface area contributed by atoms with Crippen LogP contribution in [0.3, 0.4) is 0 Å². The number of hydrogen-bond donors (Lipinski definition) is 1. The molecule has 100 valence electrons. The average Bonchev–Trinajstić information content (AvgIpc) is 2.39. The number of rotatable bonds is 4. The van der Waals surface area contributed by atoms with E-state index in [0.29, 0.717) is 22.3 Å². The maximum absolute atomic E-state index is 6.11. The minimum atomic E-state index is 0.501. The topological polar surface area (TPSA) is 43.4 Å². The average molecular weight is 344 g/mol. The number of nitrogens with zero attached hydrogens (tertiary/aromatic N) is 1. The molecular formula is C13H12BrClN2O2. The molecule has 0 fully saturated rings. The number of nitrogens with one attached hydrogen (secondary N) is 1. The zero-order chi connectivity index (χ0) is 13.8. The molecular weight excluding hydrogens is 332 g/mol. The van der Waals surface area contributed by atoms with Gasteiger partial charge in [0.05, 0.1) is 24.9 Å². The van der Waals surface area contributed by atoms with Crippen molar-refractivity contribution in [1.82, 2.24) is 4.98 Å². The molecule has 0 radical (unpaired) electrons. The molecule has 0 aliphatic carbocycles. The van der Waals surface area contributed by atoms with Gasteiger partial charge in [-0.25, -0.2) is 4.98 Å². The van der Waals surface area contributed by atoms with Crippen molar-refractivity contribution in [2.45, 2.75) is 0 Å². The highest BCUT2D eigenvalue weighted by Gasteiger charge is 2.10. The Morgan fingerprint density at radius 3 is 2.53 bits per heavy atom. The summed E-state index contributed by atoms with van der Waals surface area (Å²) in [6, 6.07) is 9.05. The van der Waals surface area contributed by atoms with Crippen LogP contribution in [0.4, 0.5) is 11.5 Å². The van der Waals surface area contributed by atoms with E-state index in [0.717, 1.165) is 10.3 Å². The smallest absolute Gasteiger partial charge is 0.146 e. The number of halogens is 2. The SMILES string of the molecule is COc1cc(OC)c(Nc2cccc(Br)n2)cc1Cl. The first kappa shape index (κ1) is 14.0. The second kappa shape index (κ2) is 6.12. The van der Waals surface area contributed by atoms with Crippen LogP contribution in [-0.2, 0) is 0 Å². The molecule has 2 rings (SSSR count). The minimum absolute atomic E-state index is 0.501. The molecule has 0 amide bonds. The summed E-state index contributed by atoms with van der Waals surface area (Å²) in [5.74, 6) is 1.88. The van der Waals surface area contributed by atoms with Crippen molar-refractivity contribution >= 4 is 39.0 Å². The lowest BCUT2D eigenvalue weighted by Gasteiger charge is -2.13. The van der Waals surface area contributed by atoms with Crippen molar-refractivity contribution in [2.24, 2.45) is 0 Å². The Bertz CT molecular complexity index is 593. The van der Waals surface area contributed by atoms with Gasteiger partial charge in [-0.15, -0.1) is 0 Å². The van der Waals surface area contributed by atoms with Gasteiger partial charge in [-0.1, -0.05) is 17.7 Å². The summed E-state index contributed by atoms with van der Waals surface area (Å²) in [6.45, 7) is 0. The van der Waals surface area contributed by atoms with Crippen molar-refractivity contribution in [1.29, 1.82) is 0 Å². The number of anilines is 2. The Morgan fingerprint density at radius 1 is 1.16 bits per heavy atom. The van der Waals surface area contributed by atoms with Crippen molar-refractivity contribution in [3.63, 3.8) is 0 Å². The van der Waals surface area contributed by atoms with Gasteiger partial charge < -0.3 is 14.8 Å². The molecule has 0 aliphatic rings. The maximum atomic E-state index is 6.11. The molecule has 6 heteroatoms. The van der Waals surface area contributed by atoms with E-state index in [1.54, 1.807) is 26.4 Å². The predicted octanol–water partition coefficient (Wildman–Crippen LogP) is 4.26. The summed E-state index contributed by atoms with van der Waals surface area (Å²) in [5, 5.41) is 3.65. The molecule has 1 aromatic carbocycles. The first-order valence-electron chi connectivity index (χ1n) is 5.45. The highest BCUT2D eigenvalue weighted by molar-refractivity contribution is 9.10. The van der Waals surface area contributed by atoms with E-state index in [-0.39, 0.29) is 0 Å². The van der Waals surface area contributed by atoms with Crippen LogP contribution in [-0.4, -0.2) is 19.2 Å². The van der Waals surface area contributed by atoms with Crippen LogP contribution in [0.2, 0.25) is 5.02 Å². The fourth-order valence-corrected chi connectivity index (χ4v) is 2.16. The minimum Gasteiger partial charge on any atom is -0.495 e. The molecule has 1 heterocycles.